The second kappa shape index (κ2) is 8.14. The van der Waals surface area contributed by atoms with Gasteiger partial charge in [0.15, 0.2) is 11.6 Å². The molecule has 4 rings (SSSR count). The van der Waals surface area contributed by atoms with Crippen LogP contribution in [0.1, 0.15) is 18.1 Å². The second-order valence-electron chi connectivity index (χ2n) is 6.67. The fourth-order valence-corrected chi connectivity index (χ4v) is 3.09. The number of aromatic nitrogens is 2. The molecule has 0 atom stereocenters. The Bertz CT molecular complexity index is 1060. The molecular formula is C21H20FN5O2. The van der Waals surface area contributed by atoms with Crippen LogP contribution in [0.3, 0.4) is 0 Å². The first-order valence-electron chi connectivity index (χ1n) is 9.22. The summed E-state index contributed by atoms with van der Waals surface area (Å²) in [7, 11) is 0. The molecule has 1 aromatic heterocycles. The van der Waals surface area contributed by atoms with E-state index in [0.29, 0.717) is 24.5 Å². The lowest BCUT2D eigenvalue weighted by Crippen LogP contribution is -2.08. The van der Waals surface area contributed by atoms with Gasteiger partial charge in [0.05, 0.1) is 12.8 Å². The summed E-state index contributed by atoms with van der Waals surface area (Å²) in [6, 6.07) is 13.0. The first-order chi connectivity index (χ1) is 14.1. The number of carbonyl (C=O) groups is 1. The number of fused-ring (bicyclic) bond motifs is 1. The van der Waals surface area contributed by atoms with Crippen molar-refractivity contribution in [2.45, 2.75) is 19.9 Å². The Hall–Kier alpha value is -3.68. The Morgan fingerprint density at radius 2 is 2.07 bits per heavy atom. The maximum atomic E-state index is 14.2. The molecule has 0 saturated carbocycles. The lowest BCUT2D eigenvalue weighted by molar-refractivity contribution is -0.114. The van der Waals surface area contributed by atoms with E-state index in [4.69, 9.17) is 4.74 Å². The fourth-order valence-electron chi connectivity index (χ4n) is 3.09. The summed E-state index contributed by atoms with van der Waals surface area (Å²) in [6.07, 6.45) is 2.00. The molecule has 2 aromatic carbocycles. The summed E-state index contributed by atoms with van der Waals surface area (Å²) in [4.78, 5) is 19.4. The Labute approximate surface area is 167 Å². The van der Waals surface area contributed by atoms with Crippen molar-refractivity contribution in [3.63, 3.8) is 0 Å². The van der Waals surface area contributed by atoms with Crippen LogP contribution in [0.25, 0.3) is 0 Å². The monoisotopic (exact) mass is 393 g/mol. The summed E-state index contributed by atoms with van der Waals surface area (Å²) < 4.78 is 19.7. The normalized spacial score (nSPS) is 12.1. The Morgan fingerprint density at radius 1 is 1.21 bits per heavy atom. The van der Waals surface area contributed by atoms with Gasteiger partial charge in [-0.05, 0) is 35.4 Å². The van der Waals surface area contributed by atoms with E-state index in [1.165, 1.54) is 6.92 Å². The molecule has 1 aliphatic heterocycles. The maximum Gasteiger partial charge on any atom is 0.229 e. The van der Waals surface area contributed by atoms with Gasteiger partial charge >= 0.3 is 0 Å². The van der Waals surface area contributed by atoms with Crippen LogP contribution < -0.4 is 20.7 Å². The van der Waals surface area contributed by atoms with E-state index >= 15 is 0 Å². The van der Waals surface area contributed by atoms with E-state index in [1.807, 2.05) is 12.1 Å². The number of amides is 1. The van der Waals surface area contributed by atoms with Crippen molar-refractivity contribution in [1.82, 2.24) is 9.97 Å². The molecule has 3 aromatic rings. The summed E-state index contributed by atoms with van der Waals surface area (Å²) in [5, 5.41) is 8.75. The summed E-state index contributed by atoms with van der Waals surface area (Å²) in [5.74, 6) is 0.570. The zero-order chi connectivity index (χ0) is 20.2. The molecule has 0 aliphatic carbocycles. The number of hydrogen-bond acceptors (Lipinski definition) is 6. The van der Waals surface area contributed by atoms with Gasteiger partial charge < -0.3 is 20.7 Å². The zero-order valence-electron chi connectivity index (χ0n) is 15.8. The third-order valence-electron chi connectivity index (χ3n) is 4.40. The van der Waals surface area contributed by atoms with Crippen LogP contribution in [0.2, 0.25) is 0 Å². The Kier molecular flexibility index (Phi) is 5.24. The van der Waals surface area contributed by atoms with Crippen LogP contribution in [0.5, 0.6) is 5.75 Å². The summed E-state index contributed by atoms with van der Waals surface area (Å²) in [5.41, 5.74) is 3.50. The molecule has 0 bridgehead atoms. The van der Waals surface area contributed by atoms with Crippen molar-refractivity contribution in [2.75, 3.05) is 22.6 Å². The molecular weight excluding hydrogens is 373 g/mol. The smallest absolute Gasteiger partial charge is 0.229 e. The van der Waals surface area contributed by atoms with E-state index in [2.05, 4.69) is 32.0 Å². The number of rotatable bonds is 6. The lowest BCUT2D eigenvalue weighted by atomic mass is 10.1. The fraction of sp³-hybridized carbons (Fsp3) is 0.190. The minimum absolute atomic E-state index is 0.109. The molecule has 2 heterocycles. The van der Waals surface area contributed by atoms with Crippen LogP contribution in [0, 0.1) is 5.82 Å². The highest BCUT2D eigenvalue weighted by atomic mass is 19.1. The molecule has 29 heavy (non-hydrogen) atoms. The number of carbonyl (C=O) groups excluding carboxylic acids is 1. The third-order valence-corrected chi connectivity index (χ3v) is 4.40. The van der Waals surface area contributed by atoms with Gasteiger partial charge in [-0.25, -0.2) is 9.37 Å². The molecule has 0 spiro atoms. The summed E-state index contributed by atoms with van der Waals surface area (Å²) in [6.45, 7) is 2.57. The van der Waals surface area contributed by atoms with Crippen molar-refractivity contribution in [3.8, 4) is 5.75 Å². The van der Waals surface area contributed by atoms with Gasteiger partial charge in [0.2, 0.25) is 11.9 Å². The minimum Gasteiger partial charge on any atom is -0.493 e. The van der Waals surface area contributed by atoms with Crippen LogP contribution in [0.4, 0.5) is 27.5 Å². The number of nitrogens with one attached hydrogen (secondary N) is 3. The number of halogens is 1. The number of hydrogen-bond donors (Lipinski definition) is 3. The quantitative estimate of drug-likeness (QED) is 0.589. The van der Waals surface area contributed by atoms with Gasteiger partial charge in [0, 0.05) is 31.3 Å². The second-order valence-corrected chi connectivity index (χ2v) is 6.67. The standard InChI is InChI=1S/C21H20FN5O2/c1-13(28)25-16-3-2-4-17(10-16)26-21-24-12-18(22)20(27-21)23-11-14-5-6-19-15(9-14)7-8-29-19/h2-6,9-10,12H,7-8,11H2,1H3,(H,25,28)(H2,23,24,26,27). The number of ether oxygens (including phenoxy) is 1. The average Bonchev–Trinajstić information content (AvgIpc) is 3.16. The van der Waals surface area contributed by atoms with Crippen molar-refractivity contribution in [1.29, 1.82) is 0 Å². The molecule has 0 saturated heterocycles. The zero-order valence-corrected chi connectivity index (χ0v) is 15.8. The minimum atomic E-state index is -0.535. The number of nitrogens with zero attached hydrogens (tertiary/aromatic N) is 2. The largest absolute Gasteiger partial charge is 0.493 e. The van der Waals surface area contributed by atoms with Crippen LogP contribution in [0.15, 0.2) is 48.7 Å². The predicted octanol–water partition coefficient (Wildman–Crippen LogP) is 3.86. The SMILES string of the molecule is CC(=O)Nc1cccc(Nc2ncc(F)c(NCc3ccc4c(c3)CCO4)n2)c1. The van der Waals surface area contributed by atoms with Gasteiger partial charge in [-0.1, -0.05) is 18.2 Å². The topological polar surface area (TPSA) is 88.2 Å². The first-order valence-corrected chi connectivity index (χ1v) is 9.22. The highest BCUT2D eigenvalue weighted by Crippen LogP contribution is 2.26. The van der Waals surface area contributed by atoms with Gasteiger partial charge in [0.25, 0.3) is 0 Å². The molecule has 7 nitrogen and oxygen atoms in total. The van der Waals surface area contributed by atoms with Gasteiger partial charge in [0.1, 0.15) is 5.75 Å². The highest BCUT2D eigenvalue weighted by molar-refractivity contribution is 5.89. The molecule has 3 N–H and O–H groups in total. The van der Waals surface area contributed by atoms with E-state index in [9.17, 15) is 9.18 Å². The maximum absolute atomic E-state index is 14.2. The predicted molar refractivity (Wildman–Crippen MR) is 109 cm³/mol. The van der Waals surface area contributed by atoms with Crippen molar-refractivity contribution in [2.24, 2.45) is 0 Å². The van der Waals surface area contributed by atoms with E-state index in [-0.39, 0.29) is 17.7 Å². The van der Waals surface area contributed by atoms with E-state index < -0.39 is 5.82 Å². The summed E-state index contributed by atoms with van der Waals surface area (Å²) >= 11 is 0. The molecule has 8 heteroatoms. The molecule has 0 unspecified atom stereocenters. The molecule has 1 amide bonds. The number of anilines is 4. The third kappa shape index (κ3) is 4.60. The van der Waals surface area contributed by atoms with E-state index in [0.717, 1.165) is 29.5 Å². The van der Waals surface area contributed by atoms with Crippen LogP contribution in [-0.2, 0) is 17.8 Å². The highest BCUT2D eigenvalue weighted by Gasteiger charge is 2.13. The Morgan fingerprint density at radius 3 is 2.93 bits per heavy atom. The van der Waals surface area contributed by atoms with Crippen molar-refractivity contribution >= 4 is 29.0 Å². The van der Waals surface area contributed by atoms with Crippen molar-refractivity contribution in [3.05, 3.63) is 65.6 Å². The van der Waals surface area contributed by atoms with Gasteiger partial charge in [-0.2, -0.15) is 4.98 Å². The molecule has 0 radical (unpaired) electrons. The Balaban J connectivity index is 1.45. The van der Waals surface area contributed by atoms with E-state index in [1.54, 1.807) is 24.3 Å². The van der Waals surface area contributed by atoms with Crippen LogP contribution in [-0.4, -0.2) is 22.5 Å². The van der Waals surface area contributed by atoms with Gasteiger partial charge in [-0.15, -0.1) is 0 Å². The molecule has 1 aliphatic rings. The van der Waals surface area contributed by atoms with Gasteiger partial charge in [-0.3, -0.25) is 4.79 Å². The molecule has 148 valence electrons. The van der Waals surface area contributed by atoms with Crippen LogP contribution >= 0.6 is 0 Å². The first kappa shape index (κ1) is 18.7. The number of benzene rings is 2. The average molecular weight is 393 g/mol. The lowest BCUT2D eigenvalue weighted by Gasteiger charge is -2.11. The molecule has 0 fully saturated rings. The van der Waals surface area contributed by atoms with Crippen molar-refractivity contribution < 1.29 is 13.9 Å².